The van der Waals surface area contributed by atoms with Gasteiger partial charge in [-0.1, -0.05) is 42.4 Å². The summed E-state index contributed by atoms with van der Waals surface area (Å²) in [6, 6.07) is 13.4. The van der Waals surface area contributed by atoms with Crippen LogP contribution in [0.4, 0.5) is 15.8 Å². The van der Waals surface area contributed by atoms with Crippen LogP contribution in [0.5, 0.6) is 0 Å². The van der Waals surface area contributed by atoms with Crippen LogP contribution in [-0.4, -0.2) is 62.8 Å². The van der Waals surface area contributed by atoms with E-state index in [9.17, 15) is 19.0 Å². The van der Waals surface area contributed by atoms with Gasteiger partial charge in [-0.15, -0.1) is 10.8 Å². The van der Waals surface area contributed by atoms with Gasteiger partial charge in [-0.25, -0.2) is 4.39 Å². The van der Waals surface area contributed by atoms with E-state index in [1.165, 1.54) is 16.4 Å². The average Bonchev–Trinajstić information content (AvgIpc) is 3.42. The Morgan fingerprint density at radius 2 is 1.95 bits per heavy atom. The molecular formula is C29H40FN5O5S. The lowest BCUT2D eigenvalue weighted by atomic mass is 10.00. The molecule has 1 aromatic heterocycles. The third-order valence-corrected chi connectivity index (χ3v) is 8.95. The number of carbonyl (C=O) groups excluding carboxylic acids is 1. The van der Waals surface area contributed by atoms with Crippen molar-refractivity contribution in [2.75, 3.05) is 35.0 Å². The van der Waals surface area contributed by atoms with Crippen molar-refractivity contribution in [1.82, 2.24) is 15.8 Å². The highest BCUT2D eigenvalue weighted by atomic mass is 32.3. The zero-order chi connectivity index (χ0) is 29.4. The fourth-order valence-corrected chi connectivity index (χ4v) is 6.52. The molecule has 1 fully saturated rings. The van der Waals surface area contributed by atoms with Gasteiger partial charge in [0.15, 0.2) is 11.6 Å². The van der Waals surface area contributed by atoms with Crippen LogP contribution in [0.15, 0.2) is 53.1 Å². The maximum atomic E-state index is 15.9. The first-order valence-electron chi connectivity index (χ1n) is 14.0. The Balaban J connectivity index is 1.56. The first-order valence-corrected chi connectivity index (χ1v) is 15.7. The molecule has 0 saturated carbocycles. The number of rotatable bonds is 13. The molecule has 0 unspecified atom stereocenters. The third-order valence-electron chi connectivity index (χ3n) is 7.03. The number of nitrogens with zero attached hydrogens (tertiary/aromatic N) is 2. The van der Waals surface area contributed by atoms with Gasteiger partial charge in [0.1, 0.15) is 0 Å². The van der Waals surface area contributed by atoms with Crippen molar-refractivity contribution >= 4 is 28.1 Å². The minimum atomic E-state index is -3.21. The van der Waals surface area contributed by atoms with E-state index in [1.54, 1.807) is 0 Å². The first kappa shape index (κ1) is 30.8. The first-order chi connectivity index (χ1) is 19.7. The highest BCUT2D eigenvalue weighted by Crippen LogP contribution is 2.51. The van der Waals surface area contributed by atoms with E-state index in [-0.39, 0.29) is 30.1 Å². The summed E-state index contributed by atoms with van der Waals surface area (Å²) >= 11 is 0. The predicted molar refractivity (Wildman–Crippen MR) is 160 cm³/mol. The number of amides is 1. The smallest absolute Gasteiger partial charge is 0.254 e. The van der Waals surface area contributed by atoms with Crippen LogP contribution in [-0.2, 0) is 19.4 Å². The van der Waals surface area contributed by atoms with Gasteiger partial charge in [-0.2, -0.15) is 0 Å². The highest BCUT2D eigenvalue weighted by Gasteiger charge is 2.32. The van der Waals surface area contributed by atoms with Gasteiger partial charge in [0, 0.05) is 31.4 Å². The minimum absolute atomic E-state index is 0.0337. The van der Waals surface area contributed by atoms with E-state index in [4.69, 9.17) is 4.52 Å². The van der Waals surface area contributed by atoms with Crippen molar-refractivity contribution in [1.29, 1.82) is 0 Å². The summed E-state index contributed by atoms with van der Waals surface area (Å²) in [6.07, 6.45) is 1.35. The molecule has 0 radical (unpaired) electrons. The van der Waals surface area contributed by atoms with Crippen molar-refractivity contribution < 1.29 is 27.9 Å². The largest absolute Gasteiger partial charge is 0.390 e. The van der Waals surface area contributed by atoms with E-state index in [2.05, 4.69) is 21.1 Å². The summed E-state index contributed by atoms with van der Waals surface area (Å²) in [7, 11) is -3.21. The van der Waals surface area contributed by atoms with Crippen molar-refractivity contribution in [3.05, 3.63) is 76.9 Å². The molecule has 1 amide bonds. The van der Waals surface area contributed by atoms with Crippen LogP contribution >= 0.6 is 10.8 Å². The molecule has 1 aliphatic heterocycles. The summed E-state index contributed by atoms with van der Waals surface area (Å²) in [5.41, 5.74) is 1.93. The van der Waals surface area contributed by atoms with Gasteiger partial charge in [0.05, 0.1) is 41.4 Å². The molecular weight excluding hydrogens is 549 g/mol. The summed E-state index contributed by atoms with van der Waals surface area (Å²) in [4.78, 5) is 13.6. The fourth-order valence-electron chi connectivity index (χ4n) is 4.84. The Bertz CT molecular complexity index is 1290. The topological polar surface area (TPSA) is 143 Å². The Morgan fingerprint density at radius 3 is 2.63 bits per heavy atom. The molecule has 0 bridgehead atoms. The zero-order valence-electron chi connectivity index (χ0n) is 23.5. The number of halogens is 1. The number of anilines is 2. The fraction of sp³-hybridized carbons (Fsp3) is 0.448. The van der Waals surface area contributed by atoms with Crippen molar-refractivity contribution in [3.8, 4) is 0 Å². The zero-order valence-corrected chi connectivity index (χ0v) is 24.3. The third kappa shape index (κ3) is 7.98. The number of hydrogen-bond donors (Lipinski definition) is 6. The molecule has 3 aromatic rings. The van der Waals surface area contributed by atoms with Crippen molar-refractivity contribution in [3.63, 3.8) is 0 Å². The van der Waals surface area contributed by atoms with Crippen molar-refractivity contribution in [2.45, 2.75) is 58.2 Å². The number of nitrogens with one attached hydrogen (secondary N) is 3. The molecule has 1 saturated heterocycles. The molecule has 0 spiro atoms. The summed E-state index contributed by atoms with van der Waals surface area (Å²) in [5, 5.41) is 24.2. The molecule has 224 valence electrons. The van der Waals surface area contributed by atoms with Crippen LogP contribution in [0.2, 0.25) is 0 Å². The van der Waals surface area contributed by atoms with Crippen LogP contribution in [0.25, 0.3) is 0 Å². The molecule has 0 aliphatic carbocycles. The number of aromatic nitrogens is 1. The Morgan fingerprint density at radius 1 is 1.17 bits per heavy atom. The lowest BCUT2D eigenvalue weighted by Gasteiger charge is -2.47. The number of aryl methyl sites for hydroxylation is 1. The van der Waals surface area contributed by atoms with Crippen LogP contribution in [0, 0.1) is 5.82 Å². The van der Waals surface area contributed by atoms with Gasteiger partial charge >= 0.3 is 0 Å². The van der Waals surface area contributed by atoms with E-state index in [1.807, 2.05) is 50.2 Å². The second-order valence-electron chi connectivity index (χ2n) is 10.1. The molecule has 2 aromatic carbocycles. The van der Waals surface area contributed by atoms with E-state index in [0.29, 0.717) is 43.8 Å². The van der Waals surface area contributed by atoms with Gasteiger partial charge in [0.2, 0.25) is 0 Å². The van der Waals surface area contributed by atoms with Gasteiger partial charge in [-0.05, 0) is 50.3 Å². The molecule has 10 nitrogen and oxygen atoms in total. The van der Waals surface area contributed by atoms with Crippen LogP contribution < -0.4 is 20.3 Å². The van der Waals surface area contributed by atoms with E-state index < -0.39 is 34.6 Å². The Kier molecular flexibility index (Phi) is 10.6. The normalized spacial score (nSPS) is 17.1. The molecule has 2 atom stereocenters. The van der Waals surface area contributed by atoms with Gasteiger partial charge < -0.3 is 25.6 Å². The highest BCUT2D eigenvalue weighted by molar-refractivity contribution is 8.25. The second kappa shape index (κ2) is 14.1. The maximum absolute atomic E-state index is 15.9. The minimum Gasteiger partial charge on any atom is -0.390 e. The van der Waals surface area contributed by atoms with Gasteiger partial charge in [-0.3, -0.25) is 18.2 Å². The average molecular weight is 590 g/mol. The SMILES string of the molecule is CCNc1cc(C(=O)N[C@@H](Cc2ccccc2)[C@H](O)CNCc2cc(CC)no2)c(F)c(N2CCCCS2(O)O)c1. The van der Waals surface area contributed by atoms with E-state index in [0.717, 1.165) is 17.7 Å². The van der Waals surface area contributed by atoms with Crippen molar-refractivity contribution in [2.24, 2.45) is 0 Å². The molecule has 41 heavy (non-hydrogen) atoms. The molecule has 1 aliphatic rings. The van der Waals surface area contributed by atoms with Crippen LogP contribution in [0.1, 0.15) is 54.1 Å². The number of aliphatic hydroxyl groups excluding tert-OH is 1. The molecule has 6 N–H and O–H groups in total. The van der Waals surface area contributed by atoms with Gasteiger partial charge in [0.25, 0.3) is 5.91 Å². The number of hydrogen-bond acceptors (Lipinski definition) is 9. The van der Waals surface area contributed by atoms with Crippen LogP contribution in [0.3, 0.4) is 0 Å². The molecule has 4 rings (SSSR count). The Labute approximate surface area is 241 Å². The quantitative estimate of drug-likeness (QED) is 0.169. The number of carbonyl (C=O) groups is 1. The lowest BCUT2D eigenvalue weighted by Crippen LogP contribution is -2.49. The summed E-state index contributed by atoms with van der Waals surface area (Å²) in [5.74, 6) is -0.767. The molecule has 2 heterocycles. The Hall–Kier alpha value is -3.16. The predicted octanol–water partition coefficient (Wildman–Crippen LogP) is 4.57. The van der Waals surface area contributed by atoms with E-state index >= 15 is 4.39 Å². The standard InChI is InChI=1S/C29H40FN5O5S/c1-3-21-15-23(40-34-21)18-31-19-27(36)25(14-20-10-6-5-7-11-20)33-29(37)24-16-22(32-4-2)17-26(28(24)30)35-12-8-9-13-41(35,38)39/h5-7,10-11,15-17,25,27,31-32,36,38-39H,3-4,8-9,12-14,18-19H2,1-2H3,(H,33,37)/t25-,27+/m0/s1. The lowest BCUT2D eigenvalue weighted by molar-refractivity contribution is 0.0825. The maximum Gasteiger partial charge on any atom is 0.254 e. The summed E-state index contributed by atoms with van der Waals surface area (Å²) < 4.78 is 43.8. The second-order valence-corrected chi connectivity index (χ2v) is 12.3. The molecule has 12 heteroatoms. The number of aliphatic hydroxyl groups is 1. The monoisotopic (exact) mass is 589 g/mol. The summed E-state index contributed by atoms with van der Waals surface area (Å²) in [6.45, 7) is 5.13. The number of benzene rings is 2.